The van der Waals surface area contributed by atoms with Crippen LogP contribution in [-0.4, -0.2) is 12.9 Å². The second-order valence-corrected chi connectivity index (χ2v) is 6.51. The van der Waals surface area contributed by atoms with E-state index in [1.807, 2.05) is 84.9 Å². The maximum atomic E-state index is 12.6. The molecule has 4 rings (SSSR count). The minimum absolute atomic E-state index is 0. The fourth-order valence-corrected chi connectivity index (χ4v) is 2.77. The van der Waals surface area contributed by atoms with E-state index in [-0.39, 0.29) is 22.9 Å². The molecule has 0 unspecified atom stereocenters. The topological polar surface area (TPSA) is 35.5 Å². The number of ether oxygens (including phenoxy) is 2. The molecule has 31 heavy (non-hydrogen) atoms. The Hall–Kier alpha value is -3.33. The predicted octanol–water partition coefficient (Wildman–Crippen LogP) is 6.29. The molecule has 0 saturated carbocycles. The number of carbonyl (C=O) groups excluding carboxylic acids is 1. The summed E-state index contributed by atoms with van der Waals surface area (Å²) in [5, 5.41) is 0. The molecular weight excluding hydrogens is 428 g/mol. The summed E-state index contributed by atoms with van der Waals surface area (Å²) in [5.41, 5.74) is 2.52. The number of benzene rings is 2. The Morgan fingerprint density at radius 3 is 2.32 bits per heavy atom. The van der Waals surface area contributed by atoms with E-state index in [1.54, 1.807) is 37.5 Å². The number of carbonyl (C=O) groups is 1. The molecule has 0 fully saturated rings. The number of hydrogen-bond donors (Lipinski definition) is 0. The Balaban J connectivity index is 0.000000501. The molecule has 0 aliphatic heterocycles. The average molecular weight is 452 g/mol. The molecule has 0 bridgehead atoms. The summed E-state index contributed by atoms with van der Waals surface area (Å²) in [5.74, 6) is 1.04. The van der Waals surface area contributed by atoms with E-state index in [2.05, 4.69) is 0 Å². The van der Waals surface area contributed by atoms with Crippen molar-refractivity contribution in [3.63, 3.8) is 0 Å². The van der Waals surface area contributed by atoms with Crippen LogP contribution in [0.3, 0.4) is 0 Å². The van der Waals surface area contributed by atoms with Crippen LogP contribution in [0.15, 0.2) is 109 Å². The van der Waals surface area contributed by atoms with Gasteiger partial charge in [0, 0.05) is 0 Å². The van der Waals surface area contributed by atoms with Gasteiger partial charge in [0.05, 0.1) is 12.7 Å². The van der Waals surface area contributed by atoms with Crippen LogP contribution in [0.25, 0.3) is 6.08 Å². The maximum absolute atomic E-state index is 12.6. The zero-order valence-electron chi connectivity index (χ0n) is 17.3. The van der Waals surface area contributed by atoms with E-state index in [1.165, 1.54) is 0 Å². The molecule has 0 aromatic heterocycles. The molecule has 0 atom stereocenters. The zero-order chi connectivity index (χ0) is 21.0. The predicted molar refractivity (Wildman–Crippen MR) is 121 cm³/mol. The molecule has 0 saturated heterocycles. The zero-order valence-corrected chi connectivity index (χ0v) is 18.4. The van der Waals surface area contributed by atoms with E-state index in [0.717, 1.165) is 11.1 Å². The molecule has 158 valence electrons. The Morgan fingerprint density at radius 2 is 1.71 bits per heavy atom. The average Bonchev–Trinajstić information content (AvgIpc) is 3.54. The third-order valence-corrected chi connectivity index (χ3v) is 4.36. The van der Waals surface area contributed by atoms with Crippen LogP contribution < -0.4 is 9.47 Å². The van der Waals surface area contributed by atoms with E-state index in [4.69, 9.17) is 9.47 Å². The minimum atomic E-state index is -0.122. The van der Waals surface area contributed by atoms with Gasteiger partial charge >= 0.3 is 17.1 Å². The van der Waals surface area contributed by atoms with Crippen molar-refractivity contribution in [2.75, 3.05) is 7.11 Å². The maximum Gasteiger partial charge on any atom is 2.00 e. The van der Waals surface area contributed by atoms with Crippen LogP contribution in [0.4, 0.5) is 0 Å². The van der Waals surface area contributed by atoms with E-state index in [0.29, 0.717) is 23.7 Å². The van der Waals surface area contributed by atoms with Crippen molar-refractivity contribution in [3.8, 4) is 11.5 Å². The van der Waals surface area contributed by atoms with Gasteiger partial charge in [-0.15, -0.1) is 12.1 Å². The Labute approximate surface area is 194 Å². The van der Waals surface area contributed by atoms with Gasteiger partial charge in [-0.05, 0) is 23.8 Å². The third kappa shape index (κ3) is 7.78. The molecule has 4 aromatic rings. The second kappa shape index (κ2) is 13.1. The van der Waals surface area contributed by atoms with Crippen molar-refractivity contribution in [2.45, 2.75) is 6.61 Å². The Morgan fingerprint density at radius 1 is 0.935 bits per heavy atom. The number of rotatable bonds is 7. The number of ketones is 1. The normalized spacial score (nSPS) is 9.97. The van der Waals surface area contributed by atoms with Gasteiger partial charge in [0.1, 0.15) is 18.1 Å². The first-order valence-corrected chi connectivity index (χ1v) is 9.72. The molecule has 0 radical (unpaired) electrons. The first kappa shape index (κ1) is 23.9. The molecule has 0 spiro atoms. The van der Waals surface area contributed by atoms with Crippen molar-refractivity contribution in [2.24, 2.45) is 0 Å². The largest absolute Gasteiger partial charge is 2.00 e. The summed E-state index contributed by atoms with van der Waals surface area (Å²) in [6, 6.07) is 32.9. The Bertz CT molecular complexity index is 1020. The smallest absolute Gasteiger partial charge is 0.497 e. The summed E-state index contributed by atoms with van der Waals surface area (Å²) in [7, 11) is 1.58. The molecule has 3 nitrogen and oxygen atoms in total. The molecule has 0 heterocycles. The van der Waals surface area contributed by atoms with E-state index >= 15 is 0 Å². The molecule has 0 amide bonds. The van der Waals surface area contributed by atoms with Crippen molar-refractivity contribution < 1.29 is 31.3 Å². The van der Waals surface area contributed by atoms with Crippen LogP contribution in [0, 0.1) is 0 Å². The third-order valence-electron chi connectivity index (χ3n) is 4.36. The van der Waals surface area contributed by atoms with Gasteiger partial charge in [0.25, 0.3) is 0 Å². The van der Waals surface area contributed by atoms with Crippen molar-refractivity contribution in [3.05, 3.63) is 126 Å². The molecule has 0 aliphatic carbocycles. The summed E-state index contributed by atoms with van der Waals surface area (Å²) >= 11 is 0. The van der Waals surface area contributed by atoms with Crippen LogP contribution in [-0.2, 0) is 23.7 Å². The quantitative estimate of drug-likeness (QED) is 0.143. The molecule has 4 heteroatoms. The number of allylic oxidation sites excluding steroid dienone is 1. The number of hydrogen-bond acceptors (Lipinski definition) is 3. The van der Waals surface area contributed by atoms with Crippen molar-refractivity contribution in [1.29, 1.82) is 0 Å². The van der Waals surface area contributed by atoms with Crippen LogP contribution in [0.5, 0.6) is 11.5 Å². The van der Waals surface area contributed by atoms with Gasteiger partial charge in [-0.1, -0.05) is 36.4 Å². The fraction of sp³-hybridized carbons (Fsp3) is 0.0741. The first-order valence-electron chi connectivity index (χ1n) is 9.72. The van der Waals surface area contributed by atoms with Gasteiger partial charge in [-0.2, -0.15) is 42.0 Å². The monoisotopic (exact) mass is 452 g/mol. The number of methoxy groups -OCH3 is 1. The minimum Gasteiger partial charge on any atom is -0.497 e. The van der Waals surface area contributed by atoms with Gasteiger partial charge in [0.15, 0.2) is 5.78 Å². The van der Waals surface area contributed by atoms with Gasteiger partial charge in [0.2, 0.25) is 0 Å². The molecular formula is C27H24FeO3. The van der Waals surface area contributed by atoms with Gasteiger partial charge < -0.3 is 9.47 Å². The molecule has 0 N–H and O–H groups in total. The molecule has 4 aromatic carbocycles. The SMILES string of the molecule is COc1ccc(OCc2ccccc2)c(C(=O)/C=C/c2ccc[cH-]2)c1.[Fe+2].c1cc[cH-]c1. The van der Waals surface area contributed by atoms with Crippen molar-refractivity contribution >= 4 is 11.9 Å². The van der Waals surface area contributed by atoms with Gasteiger partial charge in [-0.3, -0.25) is 4.79 Å². The second-order valence-electron chi connectivity index (χ2n) is 6.51. The van der Waals surface area contributed by atoms with Crippen LogP contribution in [0.1, 0.15) is 21.5 Å². The van der Waals surface area contributed by atoms with Crippen molar-refractivity contribution in [1.82, 2.24) is 0 Å². The standard InChI is InChI=1S/C22H19O3.C5H5.Fe/c1-24-19-12-14-22(25-16-18-9-3-2-4-10-18)20(15-19)21(23)13-11-17-7-5-6-8-17;1-2-4-5-3-1;/h2-15H,16H2,1H3;1-5H;/q2*-1;+2/b13-11+;;. The van der Waals surface area contributed by atoms with E-state index < -0.39 is 0 Å². The summed E-state index contributed by atoms with van der Waals surface area (Å²) in [6.45, 7) is 0.403. The summed E-state index contributed by atoms with van der Waals surface area (Å²) in [4.78, 5) is 12.6. The van der Waals surface area contributed by atoms with E-state index in [9.17, 15) is 4.79 Å². The summed E-state index contributed by atoms with van der Waals surface area (Å²) < 4.78 is 11.1. The van der Waals surface area contributed by atoms with Crippen LogP contribution >= 0.6 is 0 Å². The van der Waals surface area contributed by atoms with Gasteiger partial charge in [-0.25, -0.2) is 12.1 Å². The Kier molecular flexibility index (Phi) is 10.1. The first-order chi connectivity index (χ1) is 14.8. The molecule has 0 aliphatic rings. The fourth-order valence-electron chi connectivity index (χ4n) is 2.77. The summed E-state index contributed by atoms with van der Waals surface area (Å²) in [6.07, 6.45) is 3.35. The van der Waals surface area contributed by atoms with Crippen LogP contribution in [0.2, 0.25) is 0 Å².